The van der Waals surface area contributed by atoms with Gasteiger partial charge in [0.25, 0.3) is 0 Å². The zero-order valence-electron chi connectivity index (χ0n) is 7.19. The van der Waals surface area contributed by atoms with E-state index in [4.69, 9.17) is 6.48 Å². The smallest absolute Gasteiger partial charge is 0.0434 e. The van der Waals surface area contributed by atoms with Gasteiger partial charge in [-0.2, -0.15) is 0 Å². The van der Waals surface area contributed by atoms with Gasteiger partial charge in [0, 0.05) is 7.98 Å². The Morgan fingerprint density at radius 1 is 1.30 bits per heavy atom. The van der Waals surface area contributed by atoms with E-state index in [1.807, 2.05) is 0 Å². The largest absolute Gasteiger partial charge is 0.396 e. The summed E-state index contributed by atoms with van der Waals surface area (Å²) in [4.78, 5) is 0. The number of hydrogen-bond donors (Lipinski definition) is 1. The van der Waals surface area contributed by atoms with Crippen molar-refractivity contribution in [3.8, 4) is 0 Å². The van der Waals surface area contributed by atoms with Gasteiger partial charge in [-0.15, -0.1) is 0 Å². The van der Waals surface area contributed by atoms with Gasteiger partial charge in [0.2, 0.25) is 0 Å². The van der Waals surface area contributed by atoms with Gasteiger partial charge >= 0.3 is 0 Å². The minimum atomic E-state index is -0.186. The predicted octanol–water partition coefficient (Wildman–Crippen LogP) is 1.56. The summed E-state index contributed by atoms with van der Waals surface area (Å²) < 4.78 is 8.21. The lowest BCUT2D eigenvalue weighted by atomic mass is 10.2. The Kier molecular flexibility index (Phi) is 0.615. The summed E-state index contributed by atoms with van der Waals surface area (Å²) in [6.07, 6.45) is 5.83. The minimum Gasteiger partial charge on any atom is -0.396 e. The highest BCUT2D eigenvalue weighted by molar-refractivity contribution is 5.34. The molecule has 0 saturated heterocycles. The van der Waals surface area contributed by atoms with Crippen molar-refractivity contribution in [3.05, 3.63) is 0 Å². The molecule has 56 valence electrons. The highest BCUT2D eigenvalue weighted by Crippen LogP contribution is 2.93. The van der Waals surface area contributed by atoms with E-state index >= 15 is 0 Å². The van der Waals surface area contributed by atoms with E-state index in [2.05, 4.69) is 0 Å². The predicted molar refractivity (Wildman–Crippen MR) is 38.5 cm³/mol. The Labute approximate surface area is 62.8 Å². The molecule has 0 aromatic rings. The summed E-state index contributed by atoms with van der Waals surface area (Å²) in [5, 5.41) is 8.84. The quantitative estimate of drug-likeness (QED) is 0.615. The van der Waals surface area contributed by atoms with Crippen LogP contribution in [0.4, 0.5) is 0 Å². The fourth-order valence-electron chi connectivity index (χ4n) is 3.12. The monoisotopic (exact) mass is 139 g/mol. The Hall–Kier alpha value is -0.0400. The van der Waals surface area contributed by atoms with E-state index < -0.39 is 0 Å². The molecule has 3 aliphatic rings. The molecule has 2 spiro atoms. The molecule has 10 heavy (non-hydrogen) atoms. The lowest BCUT2D eigenvalue weighted by Gasteiger charge is -1.89. The zero-order valence-corrected chi connectivity index (χ0v) is 6.19. The van der Waals surface area contributed by atoms with Crippen LogP contribution in [-0.2, 0) is 0 Å². The molecule has 3 saturated carbocycles. The Morgan fingerprint density at radius 3 is 2.10 bits per heavy atom. The first-order valence-electron chi connectivity index (χ1n) is 4.83. The van der Waals surface area contributed by atoms with Crippen LogP contribution in [0.15, 0.2) is 0 Å². The first-order valence-corrected chi connectivity index (χ1v) is 4.33. The van der Waals surface area contributed by atoms with Crippen LogP contribution >= 0.6 is 0 Å². The molecule has 0 aliphatic heterocycles. The molecule has 0 amide bonds. The molecule has 0 radical (unpaired) electrons. The highest BCUT2D eigenvalue weighted by atomic mass is 16.3. The second-order valence-electron chi connectivity index (χ2n) is 4.12. The van der Waals surface area contributed by atoms with Crippen molar-refractivity contribution in [3.63, 3.8) is 0 Å². The Bertz CT molecular complexity index is 198. The van der Waals surface area contributed by atoms with Crippen LogP contribution in [0.3, 0.4) is 0 Å². The highest BCUT2D eigenvalue weighted by Gasteiger charge is 2.85. The first kappa shape index (κ1) is 4.76. The van der Waals surface area contributed by atoms with Gasteiger partial charge < -0.3 is 5.11 Å². The number of rotatable bonds is 2. The molecule has 1 N–H and O–H groups in total. The van der Waals surface area contributed by atoms with Crippen molar-refractivity contribution in [2.24, 2.45) is 16.7 Å². The fourth-order valence-corrected chi connectivity index (χ4v) is 3.12. The van der Waals surface area contributed by atoms with Gasteiger partial charge in [-0.3, -0.25) is 0 Å². The van der Waals surface area contributed by atoms with Crippen molar-refractivity contribution in [1.29, 1.82) is 0 Å². The lowest BCUT2D eigenvalue weighted by molar-refractivity contribution is 0.273. The van der Waals surface area contributed by atoms with Gasteiger partial charge in [-0.1, -0.05) is 0 Å². The van der Waals surface area contributed by atoms with E-state index in [1.165, 1.54) is 25.7 Å². The van der Waals surface area contributed by atoms with Crippen LogP contribution in [0.25, 0.3) is 0 Å². The SMILES string of the molecule is [2H]C1(CCO)C2(CC2)C12CC2. The van der Waals surface area contributed by atoms with Crippen LogP contribution < -0.4 is 0 Å². The molecular formula is C9H14O. The summed E-state index contributed by atoms with van der Waals surface area (Å²) in [6, 6.07) is 0. The third kappa shape index (κ3) is 0.378. The lowest BCUT2D eigenvalue weighted by Crippen LogP contribution is -1.87. The number of aliphatic hydroxyl groups excluding tert-OH is 1. The molecule has 0 aromatic carbocycles. The minimum absolute atomic E-state index is 0.186. The van der Waals surface area contributed by atoms with Crippen molar-refractivity contribution in [1.82, 2.24) is 0 Å². The molecule has 1 nitrogen and oxygen atoms in total. The van der Waals surface area contributed by atoms with E-state index in [0.717, 1.165) is 6.42 Å². The van der Waals surface area contributed by atoms with E-state index in [0.29, 0.717) is 10.8 Å². The molecular weight excluding hydrogens is 124 g/mol. The van der Waals surface area contributed by atoms with Crippen LogP contribution in [0.2, 0.25) is 0 Å². The van der Waals surface area contributed by atoms with Gasteiger partial charge in [-0.05, 0) is 48.8 Å². The summed E-state index contributed by atoms with van der Waals surface area (Å²) in [7, 11) is 0. The normalized spacial score (nSPS) is 51.1. The summed E-state index contributed by atoms with van der Waals surface area (Å²) in [6.45, 7) is 0.215. The van der Waals surface area contributed by atoms with E-state index in [1.54, 1.807) is 0 Å². The zero-order chi connectivity index (χ0) is 7.74. The second-order valence-corrected chi connectivity index (χ2v) is 4.12. The average molecular weight is 139 g/mol. The molecule has 0 bridgehead atoms. The van der Waals surface area contributed by atoms with Gasteiger partial charge in [0.05, 0.1) is 0 Å². The maximum absolute atomic E-state index is 8.84. The standard InChI is InChI=1S/C9H14O/c10-6-1-7-8(2-3-8)9(7)4-5-9/h7,10H,1-6H2/i7D. The van der Waals surface area contributed by atoms with Gasteiger partial charge in [-0.25, -0.2) is 0 Å². The molecule has 3 fully saturated rings. The molecule has 0 atom stereocenters. The number of aliphatic hydroxyl groups is 1. The second kappa shape index (κ2) is 1.29. The third-order valence-electron chi connectivity index (χ3n) is 3.87. The maximum atomic E-state index is 8.84. The van der Waals surface area contributed by atoms with Crippen molar-refractivity contribution < 1.29 is 6.48 Å². The van der Waals surface area contributed by atoms with Crippen LogP contribution in [0, 0.1) is 16.7 Å². The van der Waals surface area contributed by atoms with Crippen LogP contribution in [0.1, 0.15) is 33.5 Å². The maximum Gasteiger partial charge on any atom is 0.0434 e. The molecule has 0 heterocycles. The third-order valence-corrected chi connectivity index (χ3v) is 3.87. The van der Waals surface area contributed by atoms with Crippen LogP contribution in [0.5, 0.6) is 0 Å². The summed E-state index contributed by atoms with van der Waals surface area (Å²) in [5.74, 6) is -0.186. The molecule has 3 rings (SSSR count). The number of hydrogen-bond acceptors (Lipinski definition) is 1. The van der Waals surface area contributed by atoms with E-state index in [9.17, 15) is 0 Å². The molecule has 1 heteroatoms. The van der Waals surface area contributed by atoms with Crippen LogP contribution in [-0.4, -0.2) is 11.7 Å². The Balaban J connectivity index is 1.90. The summed E-state index contributed by atoms with van der Waals surface area (Å²) in [5.41, 5.74) is 0.839. The van der Waals surface area contributed by atoms with E-state index in [-0.39, 0.29) is 12.5 Å². The molecule has 0 unspecified atom stereocenters. The Morgan fingerprint density at radius 2 is 1.80 bits per heavy atom. The number of fused-ring (bicyclic) bond motifs is 1. The van der Waals surface area contributed by atoms with Crippen molar-refractivity contribution in [2.75, 3.05) is 6.61 Å². The van der Waals surface area contributed by atoms with Gasteiger partial charge in [0.1, 0.15) is 0 Å². The molecule has 3 aliphatic carbocycles. The van der Waals surface area contributed by atoms with Crippen molar-refractivity contribution >= 4 is 0 Å². The molecule has 0 aromatic heterocycles. The topological polar surface area (TPSA) is 20.2 Å². The average Bonchev–Trinajstić information content (AvgIpc) is 2.83. The van der Waals surface area contributed by atoms with Crippen molar-refractivity contribution in [2.45, 2.75) is 32.1 Å². The summed E-state index contributed by atoms with van der Waals surface area (Å²) >= 11 is 0. The van der Waals surface area contributed by atoms with Gasteiger partial charge in [0.15, 0.2) is 0 Å². The first-order chi connectivity index (χ1) is 5.22. The fraction of sp³-hybridized carbons (Fsp3) is 1.00.